The zero-order valence-electron chi connectivity index (χ0n) is 8.75. The second kappa shape index (κ2) is 3.64. The quantitative estimate of drug-likeness (QED) is 0.693. The predicted molar refractivity (Wildman–Crippen MR) is 47.5 cm³/mol. The number of alkyl halides is 3. The number of halogens is 3. The molecule has 0 aromatic rings. The molecule has 3 unspecified atom stereocenters. The third-order valence-electron chi connectivity index (χ3n) is 2.93. The number of amides is 1. The topological polar surface area (TPSA) is 49.6 Å². The molecule has 2 N–H and O–H groups in total. The molecule has 7 heteroatoms. The van der Waals surface area contributed by atoms with Gasteiger partial charge in [-0.1, -0.05) is 6.92 Å². The van der Waals surface area contributed by atoms with E-state index < -0.39 is 30.1 Å². The number of nitrogens with two attached hydrogens (primary N) is 1. The highest BCUT2D eigenvalue weighted by atomic mass is 19.4. The Bertz CT molecular complexity index is 268. The lowest BCUT2D eigenvalue weighted by atomic mass is 9.95. The van der Waals surface area contributed by atoms with Crippen LogP contribution in [0.15, 0.2) is 0 Å². The fraction of sp³-hybridized carbons (Fsp3) is 0.875. The molecule has 0 radical (unpaired) electrons. The Morgan fingerprint density at radius 2 is 1.73 bits per heavy atom. The molecule has 1 saturated heterocycles. The van der Waals surface area contributed by atoms with Crippen LogP contribution in [0.3, 0.4) is 0 Å². The second-order valence-corrected chi connectivity index (χ2v) is 3.84. The number of carbonyl (C=O) groups excluding carboxylic acids is 1. The van der Waals surface area contributed by atoms with Gasteiger partial charge in [-0.3, -0.25) is 4.79 Å². The van der Waals surface area contributed by atoms with Gasteiger partial charge in [-0.05, 0) is 0 Å². The van der Waals surface area contributed by atoms with Crippen molar-refractivity contribution in [1.82, 2.24) is 10.0 Å². The zero-order chi connectivity index (χ0) is 12.0. The molecule has 1 fully saturated rings. The minimum atomic E-state index is -4.35. The van der Waals surface area contributed by atoms with E-state index >= 15 is 0 Å². The first-order valence-electron chi connectivity index (χ1n) is 4.49. The molecule has 0 spiro atoms. The van der Waals surface area contributed by atoms with Crippen molar-refractivity contribution in [3.8, 4) is 0 Å². The van der Waals surface area contributed by atoms with Gasteiger partial charge in [-0.2, -0.15) is 13.2 Å². The van der Waals surface area contributed by atoms with Crippen LogP contribution < -0.4 is 5.73 Å². The summed E-state index contributed by atoms with van der Waals surface area (Å²) >= 11 is 0. The zero-order valence-corrected chi connectivity index (χ0v) is 8.75. The smallest absolute Gasteiger partial charge is 0.368 e. The summed E-state index contributed by atoms with van der Waals surface area (Å²) < 4.78 is 38.0. The highest BCUT2D eigenvalue weighted by molar-refractivity contribution is 5.80. The Balaban J connectivity index is 3.00. The van der Waals surface area contributed by atoms with E-state index in [1.165, 1.54) is 26.0 Å². The second-order valence-electron chi connectivity index (χ2n) is 3.84. The van der Waals surface area contributed by atoms with E-state index in [-0.39, 0.29) is 0 Å². The van der Waals surface area contributed by atoms with Crippen LogP contribution in [-0.2, 0) is 4.79 Å². The summed E-state index contributed by atoms with van der Waals surface area (Å²) in [5, 5.41) is 2.26. The van der Waals surface area contributed by atoms with E-state index in [1.54, 1.807) is 0 Å². The molecule has 0 aromatic carbocycles. The Kier molecular flexibility index (Phi) is 2.97. The summed E-state index contributed by atoms with van der Waals surface area (Å²) in [5.74, 6) is -1.60. The summed E-state index contributed by atoms with van der Waals surface area (Å²) in [6, 6.07) is -2.55. The van der Waals surface area contributed by atoms with E-state index in [0.29, 0.717) is 0 Å². The molecule has 3 atom stereocenters. The molecule has 1 amide bonds. The lowest BCUT2D eigenvalue weighted by molar-refractivity contribution is -0.197. The van der Waals surface area contributed by atoms with Crippen molar-refractivity contribution in [2.24, 2.45) is 11.7 Å². The molecule has 4 nitrogen and oxygen atoms in total. The molecule has 0 saturated carbocycles. The van der Waals surface area contributed by atoms with Crippen LogP contribution >= 0.6 is 0 Å². The highest BCUT2D eigenvalue weighted by Gasteiger charge is 2.56. The lowest BCUT2D eigenvalue weighted by Gasteiger charge is -2.27. The van der Waals surface area contributed by atoms with Gasteiger partial charge < -0.3 is 5.73 Å². The van der Waals surface area contributed by atoms with Gasteiger partial charge in [-0.25, -0.2) is 10.0 Å². The van der Waals surface area contributed by atoms with Gasteiger partial charge in [0.25, 0.3) is 0 Å². The standard InChI is InChI=1S/C8H14F3N3O/c1-4-5(7(12)15)13(2)14(3)6(4)8(9,10)11/h4-6H,1-3H3,(H2,12,15). The molecule has 0 bridgehead atoms. The number of hydrogen-bond donors (Lipinski definition) is 1. The Morgan fingerprint density at radius 1 is 1.27 bits per heavy atom. The number of hydrogen-bond acceptors (Lipinski definition) is 3. The van der Waals surface area contributed by atoms with Crippen molar-refractivity contribution in [2.45, 2.75) is 25.2 Å². The van der Waals surface area contributed by atoms with E-state index in [2.05, 4.69) is 0 Å². The molecule has 1 heterocycles. The lowest BCUT2D eigenvalue weighted by Crippen LogP contribution is -2.46. The largest absolute Gasteiger partial charge is 0.405 e. The fourth-order valence-electron chi connectivity index (χ4n) is 2.20. The molecule has 1 aliphatic heterocycles. The average Bonchev–Trinajstić information content (AvgIpc) is 2.21. The molecule has 0 aliphatic carbocycles. The first-order valence-corrected chi connectivity index (χ1v) is 4.49. The van der Waals surface area contributed by atoms with Crippen LogP contribution in [0.2, 0.25) is 0 Å². The molecule has 1 aliphatic rings. The van der Waals surface area contributed by atoms with Crippen molar-refractivity contribution in [3.63, 3.8) is 0 Å². The monoisotopic (exact) mass is 225 g/mol. The molecule has 1 rings (SSSR count). The van der Waals surface area contributed by atoms with Gasteiger partial charge in [0.15, 0.2) is 0 Å². The Labute approximate surface area is 85.8 Å². The van der Waals surface area contributed by atoms with Crippen molar-refractivity contribution in [2.75, 3.05) is 14.1 Å². The molecular weight excluding hydrogens is 211 g/mol. The van der Waals surface area contributed by atoms with Crippen LogP contribution in [0.5, 0.6) is 0 Å². The number of primary amides is 1. The number of hydrazine groups is 1. The molecule has 15 heavy (non-hydrogen) atoms. The van der Waals surface area contributed by atoms with Gasteiger partial charge in [-0.15, -0.1) is 0 Å². The first-order chi connectivity index (χ1) is 6.68. The maximum absolute atomic E-state index is 12.7. The summed E-state index contributed by atoms with van der Waals surface area (Å²) in [4.78, 5) is 11.0. The average molecular weight is 225 g/mol. The fourth-order valence-corrected chi connectivity index (χ4v) is 2.20. The highest BCUT2D eigenvalue weighted by Crippen LogP contribution is 2.38. The molecule has 88 valence electrons. The van der Waals surface area contributed by atoms with Crippen molar-refractivity contribution >= 4 is 5.91 Å². The Morgan fingerprint density at radius 3 is 1.93 bits per heavy atom. The first kappa shape index (κ1) is 12.3. The van der Waals surface area contributed by atoms with Gasteiger partial charge in [0, 0.05) is 20.0 Å². The molecule has 0 aromatic heterocycles. The van der Waals surface area contributed by atoms with E-state index in [1.807, 2.05) is 0 Å². The van der Waals surface area contributed by atoms with Crippen molar-refractivity contribution < 1.29 is 18.0 Å². The summed E-state index contributed by atoms with van der Waals surface area (Å²) in [6.45, 7) is 1.38. The minimum absolute atomic E-state index is 0.733. The summed E-state index contributed by atoms with van der Waals surface area (Å²) in [6.07, 6.45) is -4.35. The maximum atomic E-state index is 12.7. The normalized spacial score (nSPS) is 34.7. The Hall–Kier alpha value is -0.820. The summed E-state index contributed by atoms with van der Waals surface area (Å²) in [7, 11) is 2.73. The van der Waals surface area contributed by atoms with Gasteiger partial charge in [0.1, 0.15) is 12.1 Å². The van der Waals surface area contributed by atoms with Crippen molar-refractivity contribution in [1.29, 1.82) is 0 Å². The van der Waals surface area contributed by atoms with Crippen LogP contribution in [0, 0.1) is 5.92 Å². The van der Waals surface area contributed by atoms with Crippen molar-refractivity contribution in [3.05, 3.63) is 0 Å². The third-order valence-corrected chi connectivity index (χ3v) is 2.93. The predicted octanol–water partition coefficient (Wildman–Crippen LogP) is 0.200. The van der Waals surface area contributed by atoms with Crippen LogP contribution in [0.4, 0.5) is 13.2 Å². The maximum Gasteiger partial charge on any atom is 0.405 e. The number of rotatable bonds is 1. The van der Waals surface area contributed by atoms with Crippen LogP contribution in [0.1, 0.15) is 6.92 Å². The number of nitrogens with zero attached hydrogens (tertiary/aromatic N) is 2. The van der Waals surface area contributed by atoms with E-state index in [9.17, 15) is 18.0 Å². The SMILES string of the molecule is CC1C(C(N)=O)N(C)N(C)C1C(F)(F)F. The van der Waals surface area contributed by atoms with E-state index in [0.717, 1.165) is 5.01 Å². The molecular formula is C8H14F3N3O. The van der Waals surface area contributed by atoms with E-state index in [4.69, 9.17) is 5.73 Å². The summed E-state index contributed by atoms with van der Waals surface area (Å²) in [5.41, 5.74) is 5.07. The van der Waals surface area contributed by atoms with Crippen LogP contribution in [0.25, 0.3) is 0 Å². The number of carbonyl (C=O) groups is 1. The van der Waals surface area contributed by atoms with Gasteiger partial charge in [0.05, 0.1) is 0 Å². The third kappa shape index (κ3) is 1.93. The van der Waals surface area contributed by atoms with Gasteiger partial charge >= 0.3 is 6.18 Å². The number of likely N-dealkylation sites (N-methyl/N-ethyl adjacent to an activating group) is 1. The van der Waals surface area contributed by atoms with Crippen LogP contribution in [-0.4, -0.2) is 48.3 Å². The minimum Gasteiger partial charge on any atom is -0.368 e. The van der Waals surface area contributed by atoms with Gasteiger partial charge in [0.2, 0.25) is 5.91 Å².